The molecule has 0 aliphatic carbocycles. The third kappa shape index (κ3) is 2.96. The fourth-order valence-electron chi connectivity index (χ4n) is 2.16. The van der Waals surface area contributed by atoms with Gasteiger partial charge in [0, 0.05) is 0 Å². The highest BCUT2D eigenvalue weighted by Crippen LogP contribution is 2.24. The van der Waals surface area contributed by atoms with Crippen molar-refractivity contribution in [1.82, 2.24) is 4.90 Å². The Labute approximate surface area is 81.9 Å². The average Bonchev–Trinajstić information content (AvgIpc) is 2.17. The molecule has 1 aliphatic rings. The minimum absolute atomic E-state index is 0.0843. The first-order chi connectivity index (χ1) is 6.15. The van der Waals surface area contributed by atoms with Crippen molar-refractivity contribution in [2.75, 3.05) is 19.6 Å². The van der Waals surface area contributed by atoms with Crippen molar-refractivity contribution in [3.63, 3.8) is 0 Å². The number of rotatable bonds is 3. The van der Waals surface area contributed by atoms with E-state index in [-0.39, 0.29) is 6.10 Å². The molecule has 2 heteroatoms. The molecule has 1 aliphatic heterocycles. The first-order valence-electron chi connectivity index (χ1n) is 5.55. The van der Waals surface area contributed by atoms with Gasteiger partial charge in [-0.3, -0.25) is 0 Å². The summed E-state index contributed by atoms with van der Waals surface area (Å²) in [6.45, 7) is 9.92. The molecule has 1 atom stereocenters. The molecule has 0 spiro atoms. The van der Waals surface area contributed by atoms with Crippen LogP contribution in [0.4, 0.5) is 0 Å². The minimum atomic E-state index is -0.0843. The number of hydrogen-bond donors (Lipinski definition) is 1. The van der Waals surface area contributed by atoms with Crippen LogP contribution < -0.4 is 0 Å². The molecule has 0 bridgehead atoms. The number of aliphatic hydroxyl groups excluding tert-OH is 1. The molecule has 0 radical (unpaired) electrons. The van der Waals surface area contributed by atoms with Crippen LogP contribution in [0, 0.1) is 11.8 Å². The second-order valence-corrected chi connectivity index (χ2v) is 4.51. The smallest absolute Gasteiger partial charge is 0.0592 e. The summed E-state index contributed by atoms with van der Waals surface area (Å²) in [5.74, 6) is 0.959. The van der Waals surface area contributed by atoms with Gasteiger partial charge in [-0.15, -0.1) is 0 Å². The van der Waals surface area contributed by atoms with Crippen LogP contribution in [0.2, 0.25) is 0 Å². The summed E-state index contributed by atoms with van der Waals surface area (Å²) < 4.78 is 0. The second kappa shape index (κ2) is 4.97. The lowest BCUT2D eigenvalue weighted by Crippen LogP contribution is -2.39. The summed E-state index contributed by atoms with van der Waals surface area (Å²) in [7, 11) is 0. The summed E-state index contributed by atoms with van der Waals surface area (Å²) in [5, 5.41) is 9.89. The highest BCUT2D eigenvalue weighted by Gasteiger charge is 2.26. The first-order valence-corrected chi connectivity index (χ1v) is 5.55. The summed E-state index contributed by atoms with van der Waals surface area (Å²) in [4.78, 5) is 2.46. The van der Waals surface area contributed by atoms with Gasteiger partial charge < -0.3 is 10.0 Å². The van der Waals surface area contributed by atoms with Gasteiger partial charge in [-0.1, -0.05) is 20.8 Å². The summed E-state index contributed by atoms with van der Waals surface area (Å²) in [5.41, 5.74) is 0. The van der Waals surface area contributed by atoms with Crippen LogP contribution in [0.5, 0.6) is 0 Å². The summed E-state index contributed by atoms with van der Waals surface area (Å²) >= 11 is 0. The van der Waals surface area contributed by atoms with Crippen molar-refractivity contribution in [2.45, 2.75) is 39.7 Å². The molecule has 0 aromatic heterocycles. The fourth-order valence-corrected chi connectivity index (χ4v) is 2.16. The normalized spacial score (nSPS) is 23.8. The zero-order valence-electron chi connectivity index (χ0n) is 9.16. The Morgan fingerprint density at radius 2 is 1.85 bits per heavy atom. The lowest BCUT2D eigenvalue weighted by atomic mass is 9.86. The quantitative estimate of drug-likeness (QED) is 0.724. The number of hydrogen-bond acceptors (Lipinski definition) is 2. The van der Waals surface area contributed by atoms with Crippen molar-refractivity contribution in [3.05, 3.63) is 0 Å². The number of piperidine rings is 1. The van der Waals surface area contributed by atoms with Crippen LogP contribution in [0.1, 0.15) is 33.6 Å². The molecular formula is C11H23NO. The molecule has 78 valence electrons. The Hall–Kier alpha value is -0.0800. The van der Waals surface area contributed by atoms with Crippen molar-refractivity contribution in [3.8, 4) is 0 Å². The summed E-state index contributed by atoms with van der Waals surface area (Å²) in [6, 6.07) is 0. The molecule has 0 amide bonds. The minimum Gasteiger partial charge on any atom is -0.393 e. The van der Waals surface area contributed by atoms with E-state index in [0.29, 0.717) is 11.8 Å². The molecule has 2 nitrogen and oxygen atoms in total. The van der Waals surface area contributed by atoms with E-state index in [0.717, 1.165) is 6.54 Å². The van der Waals surface area contributed by atoms with E-state index < -0.39 is 0 Å². The molecule has 0 aromatic carbocycles. The predicted octanol–water partition coefficient (Wildman–Crippen LogP) is 1.74. The molecule has 13 heavy (non-hydrogen) atoms. The Kier molecular flexibility index (Phi) is 4.20. The van der Waals surface area contributed by atoms with Gasteiger partial charge in [0.2, 0.25) is 0 Å². The van der Waals surface area contributed by atoms with Crippen LogP contribution in [0.25, 0.3) is 0 Å². The Morgan fingerprint density at radius 1 is 1.31 bits per heavy atom. The van der Waals surface area contributed by atoms with E-state index in [1.807, 2.05) is 0 Å². The topological polar surface area (TPSA) is 23.5 Å². The first kappa shape index (κ1) is 11.0. The zero-order chi connectivity index (χ0) is 9.84. The van der Waals surface area contributed by atoms with Gasteiger partial charge >= 0.3 is 0 Å². The third-order valence-corrected chi connectivity index (χ3v) is 3.25. The lowest BCUT2D eigenvalue weighted by Gasteiger charge is -2.34. The van der Waals surface area contributed by atoms with Crippen LogP contribution in [-0.2, 0) is 0 Å². The van der Waals surface area contributed by atoms with Gasteiger partial charge in [0.1, 0.15) is 0 Å². The van der Waals surface area contributed by atoms with Gasteiger partial charge in [0.25, 0.3) is 0 Å². The van der Waals surface area contributed by atoms with E-state index in [9.17, 15) is 5.11 Å². The second-order valence-electron chi connectivity index (χ2n) is 4.51. The van der Waals surface area contributed by atoms with E-state index >= 15 is 0 Å². The maximum absolute atomic E-state index is 9.89. The number of nitrogens with zero attached hydrogens (tertiary/aromatic N) is 1. The van der Waals surface area contributed by atoms with Crippen molar-refractivity contribution < 1.29 is 5.11 Å². The largest absolute Gasteiger partial charge is 0.393 e. The molecule has 1 saturated heterocycles. The maximum Gasteiger partial charge on any atom is 0.0592 e. The average molecular weight is 185 g/mol. The monoisotopic (exact) mass is 185 g/mol. The number of aliphatic hydroxyl groups is 1. The molecule has 0 aromatic rings. The van der Waals surface area contributed by atoms with Crippen LogP contribution in [0.15, 0.2) is 0 Å². The molecule has 0 saturated carbocycles. The maximum atomic E-state index is 9.89. The molecule has 1 N–H and O–H groups in total. The number of likely N-dealkylation sites (tertiary alicyclic amines) is 1. The Morgan fingerprint density at radius 3 is 2.23 bits per heavy atom. The van der Waals surface area contributed by atoms with E-state index in [4.69, 9.17) is 0 Å². The summed E-state index contributed by atoms with van der Waals surface area (Å²) in [6.07, 6.45) is 2.26. The molecular weight excluding hydrogens is 162 g/mol. The molecule has 1 fully saturated rings. The Bertz CT molecular complexity index is 139. The van der Waals surface area contributed by atoms with Gasteiger partial charge in [-0.25, -0.2) is 0 Å². The predicted molar refractivity (Wildman–Crippen MR) is 55.7 cm³/mol. The van der Waals surface area contributed by atoms with Crippen molar-refractivity contribution >= 4 is 0 Å². The molecule has 1 rings (SSSR count). The molecule has 1 unspecified atom stereocenters. The zero-order valence-corrected chi connectivity index (χ0v) is 9.16. The van der Waals surface area contributed by atoms with Gasteiger partial charge in [-0.2, -0.15) is 0 Å². The van der Waals surface area contributed by atoms with Gasteiger partial charge in [0.05, 0.1) is 6.10 Å². The highest BCUT2D eigenvalue weighted by molar-refractivity contribution is 4.78. The van der Waals surface area contributed by atoms with Crippen molar-refractivity contribution in [2.24, 2.45) is 11.8 Å². The fraction of sp³-hybridized carbons (Fsp3) is 1.00. The standard InChI is InChI=1S/C11H23NO/c1-4-12-7-5-10(6-8-12)11(13)9(2)3/h9-11,13H,4-8H2,1-3H3. The lowest BCUT2D eigenvalue weighted by molar-refractivity contribution is 0.0294. The van der Waals surface area contributed by atoms with E-state index in [1.165, 1.54) is 25.9 Å². The third-order valence-electron chi connectivity index (χ3n) is 3.25. The van der Waals surface area contributed by atoms with Gasteiger partial charge in [0.15, 0.2) is 0 Å². The highest BCUT2D eigenvalue weighted by atomic mass is 16.3. The Balaban J connectivity index is 2.32. The van der Waals surface area contributed by atoms with Crippen LogP contribution in [0.3, 0.4) is 0 Å². The van der Waals surface area contributed by atoms with Crippen LogP contribution in [-0.4, -0.2) is 35.7 Å². The van der Waals surface area contributed by atoms with Crippen LogP contribution >= 0.6 is 0 Å². The van der Waals surface area contributed by atoms with Gasteiger partial charge in [-0.05, 0) is 44.3 Å². The van der Waals surface area contributed by atoms with Crippen molar-refractivity contribution in [1.29, 1.82) is 0 Å². The van der Waals surface area contributed by atoms with E-state index in [1.54, 1.807) is 0 Å². The SMILES string of the molecule is CCN1CCC(C(O)C(C)C)CC1. The van der Waals surface area contributed by atoms with E-state index in [2.05, 4.69) is 25.7 Å². The molecule has 1 heterocycles.